The van der Waals surface area contributed by atoms with Gasteiger partial charge in [-0.2, -0.15) is 0 Å². The second kappa shape index (κ2) is 10.00. The molecule has 9 heteroatoms. The fourth-order valence-electron chi connectivity index (χ4n) is 3.22. The maximum Gasteiger partial charge on any atom is 0.341 e. The molecule has 1 aromatic carbocycles. The van der Waals surface area contributed by atoms with E-state index in [4.69, 9.17) is 9.84 Å². The lowest BCUT2D eigenvalue weighted by Crippen LogP contribution is -2.09. The van der Waals surface area contributed by atoms with Crippen LogP contribution in [0.1, 0.15) is 46.1 Å². The molecular weight excluding hydrogens is 412 g/mol. The largest absolute Gasteiger partial charge is 0.462 e. The maximum absolute atomic E-state index is 12.5. The molecule has 1 N–H and O–H groups in total. The highest BCUT2D eigenvalue weighted by atomic mass is 32.2. The lowest BCUT2D eigenvalue weighted by molar-refractivity contribution is -0.387. The molecule has 29 heavy (non-hydrogen) atoms. The zero-order valence-electron chi connectivity index (χ0n) is 16.1. The molecule has 7 nitrogen and oxygen atoms in total. The molecule has 0 unspecified atom stereocenters. The summed E-state index contributed by atoms with van der Waals surface area (Å²) in [5, 5.41) is 20.9. The van der Waals surface area contributed by atoms with E-state index in [1.165, 1.54) is 34.0 Å². The Kier molecular flexibility index (Phi) is 7.40. The minimum Gasteiger partial charge on any atom is -0.462 e. The Balaban J connectivity index is 1.93. The van der Waals surface area contributed by atoms with Crippen LogP contribution in [0.5, 0.6) is 0 Å². The summed E-state index contributed by atoms with van der Waals surface area (Å²) in [6.45, 7) is 2.02. The molecule has 2 aromatic rings. The highest BCUT2D eigenvalue weighted by Crippen LogP contribution is 2.40. The first-order valence-corrected chi connectivity index (χ1v) is 11.2. The van der Waals surface area contributed by atoms with Crippen LogP contribution in [0.25, 0.3) is 0 Å². The van der Waals surface area contributed by atoms with Crippen LogP contribution in [0.3, 0.4) is 0 Å². The van der Waals surface area contributed by atoms with Crippen LogP contribution in [0.2, 0.25) is 0 Å². The van der Waals surface area contributed by atoms with Gasteiger partial charge in [-0.3, -0.25) is 10.1 Å². The van der Waals surface area contributed by atoms with Gasteiger partial charge in [0.1, 0.15) is 5.00 Å². The monoisotopic (exact) mass is 434 g/mol. The third kappa shape index (κ3) is 5.04. The summed E-state index contributed by atoms with van der Waals surface area (Å²) in [7, 11) is 0. The number of aliphatic hydroxyl groups is 1. The lowest BCUT2D eigenvalue weighted by atomic mass is 9.95. The average molecular weight is 435 g/mol. The molecule has 1 aromatic heterocycles. The lowest BCUT2D eigenvalue weighted by Gasteiger charge is -2.11. The van der Waals surface area contributed by atoms with Crippen molar-refractivity contribution in [3.05, 3.63) is 49.9 Å². The van der Waals surface area contributed by atoms with Crippen molar-refractivity contribution in [3.63, 3.8) is 0 Å². The van der Waals surface area contributed by atoms with Gasteiger partial charge in [-0.25, -0.2) is 9.79 Å². The number of thiophene rings is 1. The first-order valence-electron chi connectivity index (χ1n) is 9.43. The van der Waals surface area contributed by atoms with Crippen LogP contribution in [0.4, 0.5) is 10.7 Å². The van der Waals surface area contributed by atoms with Crippen molar-refractivity contribution in [2.75, 3.05) is 19.0 Å². The molecule has 0 saturated heterocycles. The molecule has 0 atom stereocenters. The summed E-state index contributed by atoms with van der Waals surface area (Å²) < 4.78 is 5.23. The van der Waals surface area contributed by atoms with Crippen LogP contribution in [-0.4, -0.2) is 41.2 Å². The number of nitrogens with zero attached hydrogens (tertiary/aromatic N) is 2. The predicted molar refractivity (Wildman–Crippen MR) is 115 cm³/mol. The Hall–Kier alpha value is -2.23. The zero-order valence-corrected chi connectivity index (χ0v) is 17.7. The third-order valence-electron chi connectivity index (χ3n) is 4.49. The third-order valence-corrected chi connectivity index (χ3v) is 6.73. The summed E-state index contributed by atoms with van der Waals surface area (Å²) in [6, 6.07) is 4.86. The van der Waals surface area contributed by atoms with Crippen molar-refractivity contribution in [2.24, 2.45) is 4.99 Å². The summed E-state index contributed by atoms with van der Waals surface area (Å²) in [6.07, 6.45) is 5.46. The number of nitro groups is 1. The topological polar surface area (TPSA) is 102 Å². The zero-order chi connectivity index (χ0) is 20.8. The van der Waals surface area contributed by atoms with Gasteiger partial charge in [0.2, 0.25) is 0 Å². The highest BCUT2D eigenvalue weighted by molar-refractivity contribution is 7.99. The van der Waals surface area contributed by atoms with Crippen LogP contribution < -0.4 is 0 Å². The molecule has 0 aliphatic heterocycles. The van der Waals surface area contributed by atoms with E-state index in [1.807, 2.05) is 0 Å². The molecule has 3 rings (SSSR count). The second-order valence-corrected chi connectivity index (χ2v) is 8.65. The van der Waals surface area contributed by atoms with Gasteiger partial charge in [-0.15, -0.1) is 23.1 Å². The molecule has 0 radical (unpaired) electrons. The number of ether oxygens (including phenoxy) is 1. The number of fused-ring (bicyclic) bond motifs is 1. The van der Waals surface area contributed by atoms with Crippen LogP contribution >= 0.6 is 23.1 Å². The van der Waals surface area contributed by atoms with E-state index < -0.39 is 4.92 Å². The Labute approximate surface area is 177 Å². The van der Waals surface area contributed by atoms with E-state index in [-0.39, 0.29) is 18.3 Å². The van der Waals surface area contributed by atoms with Gasteiger partial charge in [0, 0.05) is 22.9 Å². The van der Waals surface area contributed by atoms with E-state index in [1.54, 1.807) is 25.3 Å². The number of aliphatic hydroxyl groups excluding tert-OH is 1. The number of esters is 1. The number of hydrogen-bond donors (Lipinski definition) is 1. The smallest absolute Gasteiger partial charge is 0.341 e. The second-order valence-electron chi connectivity index (χ2n) is 6.43. The van der Waals surface area contributed by atoms with E-state index in [0.29, 0.717) is 33.4 Å². The molecule has 0 fully saturated rings. The predicted octanol–water partition coefficient (Wildman–Crippen LogP) is 4.55. The van der Waals surface area contributed by atoms with Crippen LogP contribution in [0, 0.1) is 10.1 Å². The highest BCUT2D eigenvalue weighted by Gasteiger charge is 2.26. The maximum atomic E-state index is 12.5. The molecule has 1 aliphatic rings. The van der Waals surface area contributed by atoms with Crippen molar-refractivity contribution in [1.29, 1.82) is 0 Å². The fraction of sp³-hybridized carbons (Fsp3) is 0.400. The van der Waals surface area contributed by atoms with Crippen molar-refractivity contribution in [2.45, 2.75) is 37.5 Å². The number of nitro benzene ring substituents is 1. The summed E-state index contributed by atoms with van der Waals surface area (Å²) in [5.41, 5.74) is 2.12. The van der Waals surface area contributed by atoms with Crippen molar-refractivity contribution < 1.29 is 19.6 Å². The van der Waals surface area contributed by atoms with Gasteiger partial charge in [-0.05, 0) is 49.8 Å². The number of thioether (sulfide) groups is 1. The molecule has 154 valence electrons. The molecule has 0 saturated carbocycles. The molecule has 1 aliphatic carbocycles. The fourth-order valence-corrected chi connectivity index (χ4v) is 5.20. The Morgan fingerprint density at radius 1 is 1.41 bits per heavy atom. The van der Waals surface area contributed by atoms with Crippen molar-refractivity contribution >= 4 is 46.0 Å². The van der Waals surface area contributed by atoms with E-state index in [2.05, 4.69) is 4.99 Å². The standard InChI is InChI=1S/C20H22N2O5S2/c1-2-27-20(24)18-14-5-3-4-6-16(14)29-19(18)21-12-13-7-8-17(28-10-9-23)15(11-13)22(25)26/h7-8,11-12,23H,2-6,9-10H2,1H3. The van der Waals surface area contributed by atoms with Gasteiger partial charge in [0.05, 0.1) is 28.6 Å². The summed E-state index contributed by atoms with van der Waals surface area (Å²) >= 11 is 2.73. The van der Waals surface area contributed by atoms with Crippen molar-refractivity contribution in [3.8, 4) is 0 Å². The van der Waals surface area contributed by atoms with E-state index in [9.17, 15) is 14.9 Å². The Morgan fingerprint density at radius 2 is 2.21 bits per heavy atom. The number of aliphatic imine (C=N–C) groups is 1. The Morgan fingerprint density at radius 3 is 2.93 bits per heavy atom. The summed E-state index contributed by atoms with van der Waals surface area (Å²) in [4.78, 5) is 29.6. The van der Waals surface area contributed by atoms with Gasteiger partial charge >= 0.3 is 5.97 Å². The number of aryl methyl sites for hydroxylation is 1. The van der Waals surface area contributed by atoms with Gasteiger partial charge in [0.15, 0.2) is 0 Å². The van der Waals surface area contributed by atoms with Crippen LogP contribution in [-0.2, 0) is 17.6 Å². The summed E-state index contributed by atoms with van der Waals surface area (Å²) in [5.74, 6) is 0.0264. The minimum absolute atomic E-state index is 0.0245. The number of hydrogen-bond acceptors (Lipinski definition) is 8. The first-order chi connectivity index (χ1) is 14.0. The van der Waals surface area contributed by atoms with E-state index >= 15 is 0 Å². The molecule has 0 spiro atoms. The normalized spacial score (nSPS) is 13.4. The Bertz CT molecular complexity index is 939. The number of benzene rings is 1. The van der Waals surface area contributed by atoms with Gasteiger partial charge in [-0.1, -0.05) is 6.07 Å². The number of rotatable bonds is 8. The van der Waals surface area contributed by atoms with Crippen molar-refractivity contribution in [1.82, 2.24) is 0 Å². The molecule has 1 heterocycles. The first kappa shape index (κ1) is 21.5. The molecule has 0 amide bonds. The van der Waals surface area contributed by atoms with E-state index in [0.717, 1.165) is 31.2 Å². The quantitative estimate of drug-likeness (QED) is 0.215. The van der Waals surface area contributed by atoms with Crippen LogP contribution in [0.15, 0.2) is 28.1 Å². The molecular formula is C20H22N2O5S2. The average Bonchev–Trinajstić information content (AvgIpc) is 3.09. The van der Waals surface area contributed by atoms with Gasteiger partial charge in [0.25, 0.3) is 5.69 Å². The molecule has 0 bridgehead atoms. The van der Waals surface area contributed by atoms with Gasteiger partial charge < -0.3 is 9.84 Å². The number of carbonyl (C=O) groups is 1. The minimum atomic E-state index is -0.440. The number of carbonyl (C=O) groups excluding carboxylic acids is 1. The SMILES string of the molecule is CCOC(=O)c1c(N=Cc2ccc(SCCO)c([N+](=O)[O-])c2)sc2c1CCCC2.